The van der Waals surface area contributed by atoms with Crippen LogP contribution in [-0.4, -0.2) is 72.5 Å². The molecule has 1 amide bonds. The number of pyridine rings is 1. The van der Waals surface area contributed by atoms with Crippen LogP contribution in [0.1, 0.15) is 43.6 Å². The van der Waals surface area contributed by atoms with Crippen molar-refractivity contribution in [1.29, 1.82) is 0 Å². The Morgan fingerprint density at radius 2 is 2.06 bits per heavy atom. The number of aliphatic hydroxyl groups excluding tert-OH is 1. The molecule has 0 radical (unpaired) electrons. The largest absolute Gasteiger partial charge is 0.487 e. The zero-order chi connectivity index (χ0) is 25.8. The van der Waals surface area contributed by atoms with E-state index in [0.29, 0.717) is 11.1 Å². The third kappa shape index (κ3) is 6.20. The van der Waals surface area contributed by atoms with Gasteiger partial charge in [0.2, 0.25) is 10.0 Å². The van der Waals surface area contributed by atoms with Gasteiger partial charge in [0.25, 0.3) is 5.91 Å². The van der Waals surface area contributed by atoms with Gasteiger partial charge in [0, 0.05) is 49.4 Å². The lowest BCUT2D eigenvalue weighted by atomic mass is 10.0. The summed E-state index contributed by atoms with van der Waals surface area (Å²) >= 11 is 0. The molecule has 1 aliphatic heterocycles. The summed E-state index contributed by atoms with van der Waals surface area (Å²) in [5.74, 6) is 6.00. The Hall–Kier alpha value is -2.93. The number of likely N-dealkylation sites (N-methyl/N-ethyl adjacent to an activating group) is 1. The summed E-state index contributed by atoms with van der Waals surface area (Å²) in [5, 5.41) is 9.78. The van der Waals surface area contributed by atoms with Crippen LogP contribution in [0.25, 0.3) is 0 Å². The quantitative estimate of drug-likeness (QED) is 0.635. The van der Waals surface area contributed by atoms with Gasteiger partial charge in [-0.15, -0.1) is 0 Å². The van der Waals surface area contributed by atoms with Gasteiger partial charge in [-0.2, -0.15) is 4.31 Å². The number of fused-ring (bicyclic) bond motifs is 1. The van der Waals surface area contributed by atoms with E-state index >= 15 is 0 Å². The molecule has 1 aromatic carbocycles. The van der Waals surface area contributed by atoms with E-state index in [1.165, 1.54) is 16.6 Å². The van der Waals surface area contributed by atoms with Crippen LogP contribution >= 0.6 is 0 Å². The Bertz CT molecular complexity index is 1200. The highest BCUT2D eigenvalue weighted by molar-refractivity contribution is 7.89. The molecule has 0 saturated carbocycles. The van der Waals surface area contributed by atoms with Gasteiger partial charge in [0.15, 0.2) is 0 Å². The van der Waals surface area contributed by atoms with Crippen LogP contribution in [-0.2, 0) is 10.0 Å². The first-order chi connectivity index (χ1) is 16.5. The van der Waals surface area contributed by atoms with Crippen LogP contribution in [0, 0.1) is 23.7 Å². The molecular weight excluding hydrogens is 466 g/mol. The normalized spacial score (nSPS) is 20.4. The molecule has 0 saturated heterocycles. The number of carbonyl (C=O) groups is 1. The molecule has 1 N–H and O–H groups in total. The molecule has 3 atom stereocenters. The first-order valence-electron chi connectivity index (χ1n) is 11.6. The third-order valence-corrected chi connectivity index (χ3v) is 7.90. The minimum Gasteiger partial charge on any atom is -0.487 e. The second-order valence-electron chi connectivity index (χ2n) is 9.25. The SMILES string of the molecule is CC(C)C#Cc1ccc2c(c1)O[C@H](CN(C)C(=O)c1cccnc1)[C@H](C)CN([C@@H](C)CO)S2(=O)=O. The number of aliphatic hydroxyl groups is 1. The lowest BCUT2D eigenvalue weighted by molar-refractivity contribution is 0.0563. The van der Waals surface area contributed by atoms with Crippen LogP contribution in [0.4, 0.5) is 0 Å². The molecule has 35 heavy (non-hydrogen) atoms. The van der Waals surface area contributed by atoms with Crippen molar-refractivity contribution >= 4 is 15.9 Å². The van der Waals surface area contributed by atoms with E-state index < -0.39 is 22.2 Å². The van der Waals surface area contributed by atoms with E-state index in [9.17, 15) is 18.3 Å². The summed E-state index contributed by atoms with van der Waals surface area (Å²) in [6.07, 6.45) is 2.61. The van der Waals surface area contributed by atoms with Gasteiger partial charge in [0.05, 0.1) is 18.7 Å². The topological polar surface area (TPSA) is 100 Å². The van der Waals surface area contributed by atoms with Crippen molar-refractivity contribution in [2.24, 2.45) is 11.8 Å². The van der Waals surface area contributed by atoms with Gasteiger partial charge in [-0.1, -0.05) is 32.6 Å². The number of hydrogen-bond donors (Lipinski definition) is 1. The lowest BCUT2D eigenvalue weighted by Gasteiger charge is -2.37. The van der Waals surface area contributed by atoms with Crippen molar-refractivity contribution in [1.82, 2.24) is 14.2 Å². The molecular formula is C26H33N3O5S. The van der Waals surface area contributed by atoms with E-state index in [0.717, 1.165) is 0 Å². The highest BCUT2D eigenvalue weighted by Crippen LogP contribution is 2.34. The Kier molecular flexibility index (Phi) is 8.54. The minimum atomic E-state index is -3.93. The van der Waals surface area contributed by atoms with Gasteiger partial charge in [-0.3, -0.25) is 9.78 Å². The van der Waals surface area contributed by atoms with Gasteiger partial charge in [-0.25, -0.2) is 8.42 Å². The predicted molar refractivity (Wildman–Crippen MR) is 133 cm³/mol. The molecule has 0 aliphatic carbocycles. The zero-order valence-electron chi connectivity index (χ0n) is 20.8. The molecule has 1 aromatic heterocycles. The van der Waals surface area contributed by atoms with Crippen LogP contribution < -0.4 is 4.74 Å². The molecule has 0 bridgehead atoms. The van der Waals surface area contributed by atoms with Crippen LogP contribution in [0.3, 0.4) is 0 Å². The van der Waals surface area contributed by atoms with Crippen molar-refractivity contribution in [2.75, 3.05) is 26.7 Å². The number of ether oxygens (including phenoxy) is 1. The number of amides is 1. The highest BCUT2D eigenvalue weighted by Gasteiger charge is 2.38. The average Bonchev–Trinajstić information content (AvgIpc) is 2.84. The molecule has 3 rings (SSSR count). The standard InChI is InChI=1S/C26H33N3O5S/c1-18(2)8-9-21-10-11-25-23(13-21)34-24(16-28(5)26(31)22-7-6-12-27-14-22)19(3)15-29(20(4)17-30)35(25,32)33/h6-7,10-14,18-20,24,30H,15-17H2,1-5H3/t19-,20+,24-/m1/s1. The molecule has 8 nitrogen and oxygen atoms in total. The summed E-state index contributed by atoms with van der Waals surface area (Å²) in [6, 6.07) is 7.58. The fourth-order valence-corrected chi connectivity index (χ4v) is 5.64. The van der Waals surface area contributed by atoms with E-state index in [4.69, 9.17) is 4.74 Å². The number of rotatable bonds is 5. The summed E-state index contributed by atoms with van der Waals surface area (Å²) in [6.45, 7) is 7.56. The van der Waals surface area contributed by atoms with Crippen molar-refractivity contribution < 1.29 is 23.1 Å². The van der Waals surface area contributed by atoms with E-state index in [2.05, 4.69) is 16.8 Å². The molecule has 0 fully saturated rings. The van der Waals surface area contributed by atoms with Crippen LogP contribution in [0.2, 0.25) is 0 Å². The first kappa shape index (κ1) is 26.7. The fraction of sp³-hybridized carbons (Fsp3) is 0.462. The maximum absolute atomic E-state index is 13.5. The number of nitrogens with zero attached hydrogens (tertiary/aromatic N) is 3. The third-order valence-electron chi connectivity index (χ3n) is 5.88. The molecule has 0 spiro atoms. The molecule has 1 aliphatic rings. The number of aromatic nitrogens is 1. The maximum atomic E-state index is 13.5. The Morgan fingerprint density at radius 1 is 1.31 bits per heavy atom. The smallest absolute Gasteiger partial charge is 0.255 e. The Morgan fingerprint density at radius 3 is 2.69 bits per heavy atom. The molecule has 2 heterocycles. The molecule has 0 unspecified atom stereocenters. The predicted octanol–water partition coefficient (Wildman–Crippen LogP) is 2.63. The summed E-state index contributed by atoms with van der Waals surface area (Å²) < 4.78 is 34.7. The summed E-state index contributed by atoms with van der Waals surface area (Å²) in [7, 11) is -2.25. The Labute approximate surface area is 208 Å². The maximum Gasteiger partial charge on any atom is 0.255 e. The first-order valence-corrected chi connectivity index (χ1v) is 13.1. The van der Waals surface area contributed by atoms with Crippen molar-refractivity contribution in [2.45, 2.75) is 44.7 Å². The Balaban J connectivity index is 2.02. The number of hydrogen-bond acceptors (Lipinski definition) is 6. The zero-order valence-corrected chi connectivity index (χ0v) is 21.6. The summed E-state index contributed by atoms with van der Waals surface area (Å²) in [5.41, 5.74) is 1.10. The minimum absolute atomic E-state index is 0.0195. The van der Waals surface area contributed by atoms with E-state index in [1.807, 2.05) is 20.8 Å². The van der Waals surface area contributed by atoms with E-state index in [1.54, 1.807) is 49.3 Å². The monoisotopic (exact) mass is 499 g/mol. The number of carbonyl (C=O) groups excluding carboxylic acids is 1. The number of benzene rings is 1. The van der Waals surface area contributed by atoms with E-state index in [-0.39, 0.29) is 48.1 Å². The number of sulfonamides is 1. The van der Waals surface area contributed by atoms with Crippen LogP contribution in [0.15, 0.2) is 47.6 Å². The van der Waals surface area contributed by atoms with Gasteiger partial charge in [-0.05, 0) is 37.3 Å². The van der Waals surface area contributed by atoms with Crippen molar-refractivity contribution in [3.8, 4) is 17.6 Å². The molecule has 9 heteroatoms. The highest BCUT2D eigenvalue weighted by atomic mass is 32.2. The second kappa shape index (κ2) is 11.2. The molecule has 2 aromatic rings. The van der Waals surface area contributed by atoms with Gasteiger partial charge < -0.3 is 14.7 Å². The summed E-state index contributed by atoms with van der Waals surface area (Å²) in [4.78, 5) is 18.5. The van der Waals surface area contributed by atoms with Gasteiger partial charge in [0.1, 0.15) is 16.7 Å². The fourth-order valence-electron chi connectivity index (χ4n) is 3.81. The lowest BCUT2D eigenvalue weighted by Crippen LogP contribution is -2.50. The average molecular weight is 500 g/mol. The van der Waals surface area contributed by atoms with Crippen molar-refractivity contribution in [3.63, 3.8) is 0 Å². The van der Waals surface area contributed by atoms with Gasteiger partial charge >= 0.3 is 0 Å². The molecule has 188 valence electrons. The second-order valence-corrected chi connectivity index (χ2v) is 11.1. The van der Waals surface area contributed by atoms with Crippen LogP contribution in [0.5, 0.6) is 5.75 Å². The van der Waals surface area contributed by atoms with Crippen molar-refractivity contribution in [3.05, 3.63) is 53.9 Å².